The number of aliphatic imine (C=N–C) groups is 1. The molecule has 31 heavy (non-hydrogen) atoms. The van der Waals surface area contributed by atoms with Gasteiger partial charge in [-0.3, -0.25) is 4.99 Å². The number of benzene rings is 4. The zero-order valence-electron chi connectivity index (χ0n) is 17.1. The number of rotatable bonds is 3. The van der Waals surface area contributed by atoms with Crippen LogP contribution in [0.5, 0.6) is 0 Å². The first-order chi connectivity index (χ1) is 15.2. The molecule has 0 fully saturated rings. The Balaban J connectivity index is 1.37. The fourth-order valence-corrected chi connectivity index (χ4v) is 6.48. The lowest BCUT2D eigenvalue weighted by Gasteiger charge is -2.05. The monoisotopic (exact) mass is 433 g/mol. The van der Waals surface area contributed by atoms with Crippen LogP contribution >= 0.6 is 22.7 Å². The summed E-state index contributed by atoms with van der Waals surface area (Å²) in [7, 11) is 0. The van der Waals surface area contributed by atoms with E-state index < -0.39 is 0 Å². The van der Waals surface area contributed by atoms with Gasteiger partial charge >= 0.3 is 0 Å². The Hall–Kier alpha value is -3.27. The number of fused-ring (bicyclic) bond motifs is 6. The Bertz CT molecular complexity index is 1660. The summed E-state index contributed by atoms with van der Waals surface area (Å²) in [6.45, 7) is 6.34. The van der Waals surface area contributed by atoms with Gasteiger partial charge in [0.2, 0.25) is 0 Å². The minimum Gasteiger partial charge on any atom is -0.253 e. The third-order valence-electron chi connectivity index (χ3n) is 5.81. The maximum absolute atomic E-state index is 4.87. The second kappa shape index (κ2) is 7.16. The summed E-state index contributed by atoms with van der Waals surface area (Å²) in [4.78, 5) is 4.87. The molecule has 0 saturated heterocycles. The molecule has 0 atom stereocenters. The molecule has 2 aromatic heterocycles. The average molecular weight is 434 g/mol. The fraction of sp³-hybridized carbons (Fsp3) is 0.0357. The number of hydrogen-bond donors (Lipinski definition) is 0. The molecule has 0 radical (unpaired) electrons. The van der Waals surface area contributed by atoms with Crippen LogP contribution in [-0.2, 0) is 0 Å². The van der Waals surface area contributed by atoms with Crippen molar-refractivity contribution in [1.29, 1.82) is 0 Å². The zero-order valence-corrected chi connectivity index (χ0v) is 18.7. The van der Waals surface area contributed by atoms with Crippen LogP contribution in [0.25, 0.3) is 46.0 Å². The number of thiophene rings is 2. The first-order valence-electron chi connectivity index (χ1n) is 10.2. The van der Waals surface area contributed by atoms with Crippen molar-refractivity contribution in [3.05, 3.63) is 103 Å². The van der Waals surface area contributed by atoms with Gasteiger partial charge in [0.05, 0.1) is 5.70 Å². The largest absolute Gasteiger partial charge is 0.253 e. The van der Waals surface area contributed by atoms with Gasteiger partial charge in [0.25, 0.3) is 0 Å². The molecular weight excluding hydrogens is 414 g/mol. The van der Waals surface area contributed by atoms with Crippen molar-refractivity contribution in [2.45, 2.75) is 6.92 Å². The van der Waals surface area contributed by atoms with E-state index in [0.29, 0.717) is 0 Å². The Morgan fingerprint density at radius 2 is 1.10 bits per heavy atom. The van der Waals surface area contributed by atoms with E-state index >= 15 is 0 Å². The van der Waals surface area contributed by atoms with Crippen LogP contribution in [0.3, 0.4) is 0 Å². The van der Waals surface area contributed by atoms with Crippen LogP contribution in [0, 0.1) is 0 Å². The Morgan fingerprint density at radius 1 is 0.613 bits per heavy atom. The Labute approximate surface area is 188 Å². The van der Waals surface area contributed by atoms with E-state index in [1.165, 1.54) is 40.3 Å². The normalized spacial score (nSPS) is 12.4. The molecule has 0 bridgehead atoms. The van der Waals surface area contributed by atoms with Crippen molar-refractivity contribution in [1.82, 2.24) is 0 Å². The summed E-state index contributed by atoms with van der Waals surface area (Å²) in [5, 5.41) is 5.25. The molecule has 3 heteroatoms. The molecule has 0 N–H and O–H groups in total. The van der Waals surface area contributed by atoms with Crippen LogP contribution in [0.4, 0.5) is 0 Å². The van der Waals surface area contributed by atoms with Crippen LogP contribution in [0.15, 0.2) is 96.5 Å². The average Bonchev–Trinajstić information content (AvgIpc) is 3.36. The van der Waals surface area contributed by atoms with E-state index in [1.54, 1.807) is 0 Å². The molecule has 148 valence electrons. The summed E-state index contributed by atoms with van der Waals surface area (Å²) >= 11 is 3.66. The molecule has 0 saturated carbocycles. The standard InChI is InChI=1S/C28H19NS2/c1-17(19-11-13-23-21-7-3-5-9-25(21)30-27(23)15-19)29-18(2)20-12-14-24-22-8-4-6-10-26(22)31-28(24)16-20/h3-16H,1H2,2H3. The van der Waals surface area contributed by atoms with E-state index in [1.807, 2.05) is 22.7 Å². The quantitative estimate of drug-likeness (QED) is 0.247. The van der Waals surface area contributed by atoms with Crippen molar-refractivity contribution in [2.75, 3.05) is 0 Å². The van der Waals surface area contributed by atoms with Crippen molar-refractivity contribution in [3.63, 3.8) is 0 Å². The van der Waals surface area contributed by atoms with Crippen molar-refractivity contribution in [3.8, 4) is 0 Å². The van der Waals surface area contributed by atoms with Gasteiger partial charge in [-0.1, -0.05) is 67.2 Å². The van der Waals surface area contributed by atoms with Gasteiger partial charge in [-0.15, -0.1) is 22.7 Å². The van der Waals surface area contributed by atoms with E-state index in [0.717, 1.165) is 22.5 Å². The van der Waals surface area contributed by atoms with Crippen LogP contribution in [0.2, 0.25) is 0 Å². The third-order valence-corrected chi connectivity index (χ3v) is 8.08. The van der Waals surface area contributed by atoms with Crippen LogP contribution in [0.1, 0.15) is 18.1 Å². The van der Waals surface area contributed by atoms with Gasteiger partial charge in [-0.2, -0.15) is 0 Å². The highest BCUT2D eigenvalue weighted by molar-refractivity contribution is 7.26. The van der Waals surface area contributed by atoms with E-state index in [9.17, 15) is 0 Å². The summed E-state index contributed by atoms with van der Waals surface area (Å²) in [6, 6.07) is 30.3. The number of nitrogens with zero attached hydrogens (tertiary/aromatic N) is 1. The first-order valence-corrected chi connectivity index (χ1v) is 11.9. The van der Waals surface area contributed by atoms with E-state index in [4.69, 9.17) is 4.99 Å². The molecule has 4 aromatic carbocycles. The molecule has 0 aliphatic heterocycles. The number of hydrogen-bond acceptors (Lipinski definition) is 3. The fourth-order valence-electron chi connectivity index (χ4n) is 4.19. The summed E-state index contributed by atoms with van der Waals surface area (Å²) in [6.07, 6.45) is 0. The molecule has 0 spiro atoms. The molecule has 0 amide bonds. The lowest BCUT2D eigenvalue weighted by atomic mass is 10.1. The molecule has 1 nitrogen and oxygen atoms in total. The summed E-state index contributed by atoms with van der Waals surface area (Å²) < 4.78 is 5.21. The van der Waals surface area contributed by atoms with Gasteiger partial charge in [-0.25, -0.2) is 0 Å². The van der Waals surface area contributed by atoms with Gasteiger partial charge in [0, 0.05) is 51.6 Å². The van der Waals surface area contributed by atoms with Crippen molar-refractivity contribution in [2.24, 2.45) is 4.99 Å². The Morgan fingerprint density at radius 3 is 1.71 bits per heavy atom. The highest BCUT2D eigenvalue weighted by atomic mass is 32.1. The predicted molar refractivity (Wildman–Crippen MR) is 140 cm³/mol. The van der Waals surface area contributed by atoms with Gasteiger partial charge in [0.1, 0.15) is 0 Å². The SMILES string of the molecule is C=C(N=C(C)c1ccc2c(c1)sc1ccccc12)c1ccc2c(c1)sc1ccccc12. The minimum atomic E-state index is 0.799. The lowest BCUT2D eigenvalue weighted by molar-refractivity contribution is 1.50. The molecule has 6 rings (SSSR count). The van der Waals surface area contributed by atoms with E-state index in [-0.39, 0.29) is 0 Å². The molecule has 0 aliphatic carbocycles. The maximum atomic E-state index is 4.87. The molecule has 0 aliphatic rings. The highest BCUT2D eigenvalue weighted by Crippen LogP contribution is 2.36. The van der Waals surface area contributed by atoms with E-state index in [2.05, 4.69) is 98.4 Å². The minimum absolute atomic E-state index is 0.799. The topological polar surface area (TPSA) is 12.4 Å². The molecule has 6 aromatic rings. The first kappa shape index (κ1) is 18.5. The molecular formula is C28H19NS2. The molecule has 2 heterocycles. The lowest BCUT2D eigenvalue weighted by Crippen LogP contribution is -1.95. The van der Waals surface area contributed by atoms with Gasteiger partial charge in [-0.05, 0) is 36.8 Å². The van der Waals surface area contributed by atoms with Crippen molar-refractivity contribution < 1.29 is 0 Å². The second-order valence-corrected chi connectivity index (χ2v) is 9.93. The Kier molecular flexibility index (Phi) is 4.27. The van der Waals surface area contributed by atoms with Crippen LogP contribution in [-0.4, -0.2) is 5.71 Å². The summed E-state index contributed by atoms with van der Waals surface area (Å²) in [5.74, 6) is 0. The van der Waals surface area contributed by atoms with Crippen molar-refractivity contribution >= 4 is 74.4 Å². The zero-order chi connectivity index (χ0) is 20.9. The predicted octanol–water partition coefficient (Wildman–Crippen LogP) is 8.90. The maximum Gasteiger partial charge on any atom is 0.0634 e. The highest BCUT2D eigenvalue weighted by Gasteiger charge is 2.09. The second-order valence-electron chi connectivity index (χ2n) is 7.76. The summed E-state index contributed by atoms with van der Waals surface area (Å²) in [5.41, 5.74) is 4.00. The third kappa shape index (κ3) is 3.09. The smallest absolute Gasteiger partial charge is 0.0634 e. The van der Waals surface area contributed by atoms with Gasteiger partial charge < -0.3 is 0 Å². The van der Waals surface area contributed by atoms with Crippen LogP contribution < -0.4 is 0 Å². The van der Waals surface area contributed by atoms with Gasteiger partial charge in [0.15, 0.2) is 0 Å². The molecule has 0 unspecified atom stereocenters.